The molecule has 1 aromatic carbocycles. The number of amides is 1. The first-order valence-corrected chi connectivity index (χ1v) is 5.58. The van der Waals surface area contributed by atoms with Crippen molar-refractivity contribution in [2.75, 3.05) is 20.7 Å². The number of hydrogen-bond acceptors (Lipinski definition) is 2. The lowest BCUT2D eigenvalue weighted by Crippen LogP contribution is -2.23. The second kappa shape index (κ2) is 5.84. The molecule has 0 fully saturated rings. The Morgan fingerprint density at radius 1 is 1.50 bits per heavy atom. The summed E-state index contributed by atoms with van der Waals surface area (Å²) in [7, 11) is 3.36. The zero-order chi connectivity index (χ0) is 12.1. The lowest BCUT2D eigenvalue weighted by Gasteiger charge is -2.11. The second-order valence-corrected chi connectivity index (χ2v) is 4.32. The van der Waals surface area contributed by atoms with E-state index >= 15 is 0 Å². The minimum atomic E-state index is -0.364. The number of ether oxygens (including phenoxy) is 1. The van der Waals surface area contributed by atoms with Gasteiger partial charge in [0.05, 0.1) is 17.5 Å². The van der Waals surface area contributed by atoms with Crippen LogP contribution >= 0.6 is 15.9 Å². The molecule has 88 valence electrons. The Labute approximate surface area is 102 Å². The highest BCUT2D eigenvalue weighted by atomic mass is 79.9. The van der Waals surface area contributed by atoms with Crippen LogP contribution in [-0.2, 0) is 4.79 Å². The van der Waals surface area contributed by atoms with Gasteiger partial charge in [0.15, 0.2) is 0 Å². The molecule has 0 heterocycles. The first-order valence-electron chi connectivity index (χ1n) is 4.78. The Morgan fingerprint density at radius 2 is 2.19 bits per heavy atom. The molecule has 0 aromatic heterocycles. The molecule has 0 N–H and O–H groups in total. The molecule has 3 nitrogen and oxygen atoms in total. The summed E-state index contributed by atoms with van der Waals surface area (Å²) >= 11 is 3.24. The number of hydrogen-bond donors (Lipinski definition) is 0. The van der Waals surface area contributed by atoms with Gasteiger partial charge in [-0.2, -0.15) is 0 Å². The quantitative estimate of drug-likeness (QED) is 0.852. The minimum absolute atomic E-state index is 0.0208. The minimum Gasteiger partial charge on any atom is -0.492 e. The number of nitrogens with zero attached hydrogens (tertiary/aromatic N) is 1. The van der Waals surface area contributed by atoms with E-state index in [2.05, 4.69) is 15.9 Å². The van der Waals surface area contributed by atoms with Crippen molar-refractivity contribution in [3.63, 3.8) is 0 Å². The summed E-state index contributed by atoms with van der Waals surface area (Å²) in [6.45, 7) is 0.235. The van der Waals surface area contributed by atoms with E-state index in [-0.39, 0.29) is 24.8 Å². The van der Waals surface area contributed by atoms with Gasteiger partial charge in [-0.25, -0.2) is 4.39 Å². The van der Waals surface area contributed by atoms with Crippen LogP contribution < -0.4 is 4.74 Å². The van der Waals surface area contributed by atoms with Gasteiger partial charge in [-0.1, -0.05) is 0 Å². The average molecular weight is 290 g/mol. The van der Waals surface area contributed by atoms with E-state index in [9.17, 15) is 9.18 Å². The molecule has 0 spiro atoms. The number of benzene rings is 1. The number of carbonyl (C=O) groups excluding carboxylic acids is 1. The van der Waals surface area contributed by atoms with Crippen molar-refractivity contribution in [1.29, 1.82) is 0 Å². The largest absolute Gasteiger partial charge is 0.492 e. The Hall–Kier alpha value is -1.10. The van der Waals surface area contributed by atoms with Crippen LogP contribution in [0.4, 0.5) is 4.39 Å². The van der Waals surface area contributed by atoms with E-state index < -0.39 is 0 Å². The summed E-state index contributed by atoms with van der Waals surface area (Å²) in [6.07, 6.45) is 0.274. The maximum atomic E-state index is 12.9. The van der Waals surface area contributed by atoms with Crippen LogP contribution in [0.1, 0.15) is 6.42 Å². The summed E-state index contributed by atoms with van der Waals surface area (Å²) in [5, 5.41) is 0. The Bertz CT molecular complexity index is 382. The van der Waals surface area contributed by atoms with E-state index in [1.54, 1.807) is 20.2 Å². The molecule has 0 saturated carbocycles. The molecule has 0 saturated heterocycles. The maximum absolute atomic E-state index is 12.9. The van der Waals surface area contributed by atoms with Gasteiger partial charge < -0.3 is 9.64 Å². The summed E-state index contributed by atoms with van der Waals surface area (Å²) in [6, 6.07) is 4.19. The molecule has 0 radical (unpaired) electrons. The van der Waals surface area contributed by atoms with Gasteiger partial charge in [-0.05, 0) is 28.1 Å². The number of halogens is 2. The van der Waals surface area contributed by atoms with Crippen molar-refractivity contribution in [1.82, 2.24) is 4.90 Å². The van der Waals surface area contributed by atoms with Gasteiger partial charge in [0.1, 0.15) is 11.6 Å². The Balaban J connectivity index is 2.49. The average Bonchev–Trinajstić information content (AvgIpc) is 2.22. The van der Waals surface area contributed by atoms with Gasteiger partial charge in [0.25, 0.3) is 0 Å². The zero-order valence-electron chi connectivity index (χ0n) is 9.17. The third-order valence-electron chi connectivity index (χ3n) is 1.97. The lowest BCUT2D eigenvalue weighted by atomic mass is 10.3. The normalized spacial score (nSPS) is 10.0. The summed E-state index contributed by atoms with van der Waals surface area (Å²) in [4.78, 5) is 12.7. The maximum Gasteiger partial charge on any atom is 0.225 e. The fraction of sp³-hybridized carbons (Fsp3) is 0.364. The second-order valence-electron chi connectivity index (χ2n) is 3.46. The molecule has 0 atom stereocenters. The summed E-state index contributed by atoms with van der Waals surface area (Å²) in [5.74, 6) is 0.0243. The highest BCUT2D eigenvalue weighted by Gasteiger charge is 2.06. The number of rotatable bonds is 4. The summed E-state index contributed by atoms with van der Waals surface area (Å²) < 4.78 is 18.9. The van der Waals surface area contributed by atoms with E-state index in [4.69, 9.17) is 4.74 Å². The van der Waals surface area contributed by atoms with Gasteiger partial charge >= 0.3 is 0 Å². The van der Waals surface area contributed by atoms with Crippen LogP contribution in [0.3, 0.4) is 0 Å². The first kappa shape index (κ1) is 13.0. The molecule has 1 amide bonds. The molecule has 0 aliphatic rings. The third kappa shape index (κ3) is 3.81. The molecule has 0 aliphatic carbocycles. The van der Waals surface area contributed by atoms with Crippen molar-refractivity contribution in [2.45, 2.75) is 6.42 Å². The smallest absolute Gasteiger partial charge is 0.225 e. The molecular formula is C11H13BrFNO2. The van der Waals surface area contributed by atoms with Crippen LogP contribution in [0.5, 0.6) is 5.75 Å². The Morgan fingerprint density at radius 3 is 2.81 bits per heavy atom. The standard InChI is InChI=1S/C11H13BrFNO2/c1-14(2)11(15)5-6-16-10-7-8(13)3-4-9(10)12/h3-4,7H,5-6H2,1-2H3. The summed E-state index contributed by atoms with van der Waals surface area (Å²) in [5.41, 5.74) is 0. The van der Waals surface area contributed by atoms with E-state index in [0.717, 1.165) is 0 Å². The monoisotopic (exact) mass is 289 g/mol. The fourth-order valence-electron chi connectivity index (χ4n) is 1.06. The molecule has 16 heavy (non-hydrogen) atoms. The van der Waals surface area contributed by atoms with Crippen molar-refractivity contribution in [2.24, 2.45) is 0 Å². The van der Waals surface area contributed by atoms with Gasteiger partial charge in [0.2, 0.25) is 5.91 Å². The molecular weight excluding hydrogens is 277 g/mol. The fourth-order valence-corrected chi connectivity index (χ4v) is 1.42. The molecule has 5 heteroatoms. The predicted molar refractivity (Wildman–Crippen MR) is 62.9 cm³/mol. The van der Waals surface area contributed by atoms with Gasteiger partial charge in [-0.15, -0.1) is 0 Å². The van der Waals surface area contributed by atoms with Crippen LogP contribution in [-0.4, -0.2) is 31.5 Å². The van der Waals surface area contributed by atoms with E-state index in [1.165, 1.54) is 17.0 Å². The number of carbonyl (C=O) groups is 1. The SMILES string of the molecule is CN(C)C(=O)CCOc1cc(F)ccc1Br. The Kier molecular flexibility index (Phi) is 4.73. The zero-order valence-corrected chi connectivity index (χ0v) is 10.8. The first-order chi connectivity index (χ1) is 7.50. The molecule has 0 bridgehead atoms. The molecule has 1 aromatic rings. The lowest BCUT2D eigenvalue weighted by molar-refractivity contribution is -0.129. The van der Waals surface area contributed by atoms with Crippen LogP contribution in [0.2, 0.25) is 0 Å². The molecule has 1 rings (SSSR count). The van der Waals surface area contributed by atoms with Crippen molar-refractivity contribution in [3.05, 3.63) is 28.5 Å². The van der Waals surface area contributed by atoms with E-state index in [1.807, 2.05) is 0 Å². The van der Waals surface area contributed by atoms with Crippen LogP contribution in [0.15, 0.2) is 22.7 Å². The van der Waals surface area contributed by atoms with Crippen LogP contribution in [0.25, 0.3) is 0 Å². The van der Waals surface area contributed by atoms with Crippen LogP contribution in [0, 0.1) is 5.82 Å². The van der Waals surface area contributed by atoms with Crippen molar-refractivity contribution < 1.29 is 13.9 Å². The molecule has 0 unspecified atom stereocenters. The third-order valence-corrected chi connectivity index (χ3v) is 2.62. The van der Waals surface area contributed by atoms with Crippen molar-refractivity contribution >= 4 is 21.8 Å². The van der Waals surface area contributed by atoms with Gasteiger partial charge in [-0.3, -0.25) is 4.79 Å². The topological polar surface area (TPSA) is 29.5 Å². The molecule has 0 aliphatic heterocycles. The van der Waals surface area contributed by atoms with Crippen molar-refractivity contribution in [3.8, 4) is 5.75 Å². The predicted octanol–water partition coefficient (Wildman–Crippen LogP) is 2.45. The van der Waals surface area contributed by atoms with E-state index in [0.29, 0.717) is 10.2 Å². The van der Waals surface area contributed by atoms with Gasteiger partial charge in [0, 0.05) is 20.2 Å². The highest BCUT2D eigenvalue weighted by Crippen LogP contribution is 2.25. The highest BCUT2D eigenvalue weighted by molar-refractivity contribution is 9.10.